The summed E-state index contributed by atoms with van der Waals surface area (Å²) in [5.74, 6) is 0.798. The summed E-state index contributed by atoms with van der Waals surface area (Å²) < 4.78 is 5.94. The fourth-order valence-electron chi connectivity index (χ4n) is 2.51. The summed E-state index contributed by atoms with van der Waals surface area (Å²) in [5.41, 5.74) is 2.82. The van der Waals surface area contributed by atoms with E-state index in [1.807, 2.05) is 56.4 Å². The van der Waals surface area contributed by atoms with Gasteiger partial charge in [0.1, 0.15) is 5.76 Å². The van der Waals surface area contributed by atoms with Gasteiger partial charge in [-0.05, 0) is 43.3 Å². The molecule has 0 spiro atoms. The smallest absolute Gasteiger partial charge is 0.152 e. The molecule has 4 heteroatoms. The monoisotopic (exact) mass is 319 g/mol. The second kappa shape index (κ2) is 5.72. The molecule has 0 bridgehead atoms. The van der Waals surface area contributed by atoms with E-state index in [1.165, 1.54) is 0 Å². The zero-order valence-electron chi connectivity index (χ0n) is 11.8. The van der Waals surface area contributed by atoms with Gasteiger partial charge in [-0.25, -0.2) is 0 Å². The molecule has 0 radical (unpaired) electrons. The minimum atomic E-state index is -0.110. The SMILES string of the molecule is CNC(c1cc2cccc(Cl)c2o1)c1ccc(C)cc1Cl. The Morgan fingerprint density at radius 3 is 2.52 bits per heavy atom. The molecule has 2 aromatic carbocycles. The first-order valence-electron chi connectivity index (χ1n) is 6.71. The van der Waals surface area contributed by atoms with Gasteiger partial charge in [-0.15, -0.1) is 0 Å². The summed E-state index contributed by atoms with van der Waals surface area (Å²) in [5, 5.41) is 5.58. The minimum Gasteiger partial charge on any atom is -0.457 e. The topological polar surface area (TPSA) is 25.2 Å². The largest absolute Gasteiger partial charge is 0.457 e. The number of hydrogen-bond donors (Lipinski definition) is 1. The van der Waals surface area contributed by atoms with E-state index < -0.39 is 0 Å². The van der Waals surface area contributed by atoms with Crippen molar-refractivity contribution in [3.05, 3.63) is 69.4 Å². The van der Waals surface area contributed by atoms with Crippen LogP contribution in [0, 0.1) is 6.92 Å². The predicted octanol–water partition coefficient (Wildman–Crippen LogP) is 5.36. The van der Waals surface area contributed by atoms with Crippen LogP contribution in [-0.2, 0) is 0 Å². The summed E-state index contributed by atoms with van der Waals surface area (Å²) in [6.45, 7) is 2.02. The third-order valence-corrected chi connectivity index (χ3v) is 4.18. The Hall–Kier alpha value is -1.48. The number of halogens is 2. The van der Waals surface area contributed by atoms with Crippen LogP contribution in [0.3, 0.4) is 0 Å². The van der Waals surface area contributed by atoms with Gasteiger partial charge in [-0.3, -0.25) is 0 Å². The van der Waals surface area contributed by atoms with Gasteiger partial charge in [0.15, 0.2) is 5.58 Å². The third-order valence-electron chi connectivity index (χ3n) is 3.56. The molecular weight excluding hydrogens is 305 g/mol. The zero-order valence-corrected chi connectivity index (χ0v) is 13.3. The fourth-order valence-corrected chi connectivity index (χ4v) is 3.07. The summed E-state index contributed by atoms with van der Waals surface area (Å²) in [4.78, 5) is 0. The van der Waals surface area contributed by atoms with Gasteiger partial charge in [-0.1, -0.05) is 47.5 Å². The Morgan fingerprint density at radius 1 is 1.05 bits per heavy atom. The summed E-state index contributed by atoms with van der Waals surface area (Å²) in [6, 6.07) is 13.6. The van der Waals surface area contributed by atoms with Crippen molar-refractivity contribution in [2.75, 3.05) is 7.05 Å². The Kier molecular flexibility index (Phi) is 3.94. The molecule has 2 nitrogen and oxygen atoms in total. The van der Waals surface area contributed by atoms with Gasteiger partial charge in [0.2, 0.25) is 0 Å². The first kappa shape index (κ1) is 14.5. The summed E-state index contributed by atoms with van der Waals surface area (Å²) in [7, 11) is 1.88. The van der Waals surface area contributed by atoms with E-state index in [-0.39, 0.29) is 6.04 Å². The number of nitrogens with one attached hydrogen (secondary N) is 1. The highest BCUT2D eigenvalue weighted by molar-refractivity contribution is 6.34. The first-order chi connectivity index (χ1) is 10.1. The number of aryl methyl sites for hydroxylation is 1. The number of furan rings is 1. The molecule has 108 valence electrons. The van der Waals surface area contributed by atoms with Crippen LogP contribution in [0.1, 0.15) is 22.9 Å². The molecule has 1 N–H and O–H groups in total. The second-order valence-electron chi connectivity index (χ2n) is 5.05. The van der Waals surface area contributed by atoms with E-state index in [1.54, 1.807) is 0 Å². The van der Waals surface area contributed by atoms with Crippen molar-refractivity contribution in [3.8, 4) is 0 Å². The van der Waals surface area contributed by atoms with Crippen LogP contribution in [0.4, 0.5) is 0 Å². The van der Waals surface area contributed by atoms with Gasteiger partial charge in [-0.2, -0.15) is 0 Å². The Labute approximate surface area is 133 Å². The quantitative estimate of drug-likeness (QED) is 0.703. The Bertz CT molecular complexity index is 795. The lowest BCUT2D eigenvalue weighted by molar-refractivity contribution is 0.492. The van der Waals surface area contributed by atoms with Crippen molar-refractivity contribution in [1.29, 1.82) is 0 Å². The first-order valence-corrected chi connectivity index (χ1v) is 7.47. The molecule has 0 aliphatic carbocycles. The molecule has 0 fully saturated rings. The lowest BCUT2D eigenvalue weighted by Gasteiger charge is -2.16. The average molecular weight is 320 g/mol. The van der Waals surface area contributed by atoms with Crippen molar-refractivity contribution < 1.29 is 4.42 Å². The number of fused-ring (bicyclic) bond motifs is 1. The molecule has 1 unspecified atom stereocenters. The van der Waals surface area contributed by atoms with Crippen LogP contribution < -0.4 is 5.32 Å². The van der Waals surface area contributed by atoms with Crippen molar-refractivity contribution >= 4 is 34.2 Å². The fraction of sp³-hybridized carbons (Fsp3) is 0.176. The summed E-state index contributed by atoms with van der Waals surface area (Å²) in [6.07, 6.45) is 0. The number of benzene rings is 2. The Morgan fingerprint density at radius 2 is 1.86 bits per heavy atom. The van der Waals surface area contributed by atoms with Crippen LogP contribution in [0.5, 0.6) is 0 Å². The molecule has 1 aromatic heterocycles. The molecule has 0 saturated heterocycles. The molecule has 0 aliphatic rings. The minimum absolute atomic E-state index is 0.110. The average Bonchev–Trinajstić information content (AvgIpc) is 2.87. The van der Waals surface area contributed by atoms with Crippen LogP contribution in [0.15, 0.2) is 46.9 Å². The van der Waals surface area contributed by atoms with Gasteiger partial charge >= 0.3 is 0 Å². The standard InChI is InChI=1S/C17H15Cl2NO/c1-10-6-7-12(14(19)8-10)16(20-2)15-9-11-4-3-5-13(18)17(11)21-15/h3-9,16,20H,1-2H3. The van der Waals surface area contributed by atoms with Gasteiger partial charge in [0.25, 0.3) is 0 Å². The number of para-hydroxylation sites is 1. The molecule has 1 atom stereocenters. The van der Waals surface area contributed by atoms with Crippen molar-refractivity contribution in [3.63, 3.8) is 0 Å². The normalized spacial score (nSPS) is 12.8. The lowest BCUT2D eigenvalue weighted by Crippen LogP contribution is -2.17. The van der Waals surface area contributed by atoms with Crippen LogP contribution in [0.25, 0.3) is 11.0 Å². The van der Waals surface area contributed by atoms with Crippen molar-refractivity contribution in [2.45, 2.75) is 13.0 Å². The van der Waals surface area contributed by atoms with Gasteiger partial charge < -0.3 is 9.73 Å². The maximum atomic E-state index is 6.38. The third kappa shape index (κ3) is 2.67. The highest BCUT2D eigenvalue weighted by Crippen LogP contribution is 2.34. The molecule has 0 saturated carbocycles. The number of hydrogen-bond acceptors (Lipinski definition) is 2. The van der Waals surface area contributed by atoms with E-state index in [4.69, 9.17) is 27.6 Å². The van der Waals surface area contributed by atoms with Crippen molar-refractivity contribution in [2.24, 2.45) is 0 Å². The second-order valence-corrected chi connectivity index (χ2v) is 5.87. The summed E-state index contributed by atoms with van der Waals surface area (Å²) >= 11 is 12.6. The van der Waals surface area contributed by atoms with Crippen molar-refractivity contribution in [1.82, 2.24) is 5.32 Å². The Balaban J connectivity index is 2.11. The molecule has 3 rings (SSSR count). The van der Waals surface area contributed by atoms with Gasteiger partial charge in [0, 0.05) is 10.4 Å². The maximum Gasteiger partial charge on any atom is 0.152 e. The molecule has 0 amide bonds. The van der Waals surface area contributed by atoms with Crippen LogP contribution in [0.2, 0.25) is 10.0 Å². The number of rotatable bonds is 3. The molecule has 1 heterocycles. The lowest BCUT2D eigenvalue weighted by atomic mass is 10.0. The molecule has 3 aromatic rings. The zero-order chi connectivity index (χ0) is 15.0. The predicted molar refractivity (Wildman–Crippen MR) is 88.3 cm³/mol. The van der Waals surface area contributed by atoms with E-state index in [2.05, 4.69) is 5.32 Å². The van der Waals surface area contributed by atoms with E-state index in [0.29, 0.717) is 10.6 Å². The van der Waals surface area contributed by atoms with Crippen LogP contribution in [-0.4, -0.2) is 7.05 Å². The van der Waals surface area contributed by atoms with Crippen LogP contribution >= 0.6 is 23.2 Å². The van der Waals surface area contributed by atoms with E-state index in [0.717, 1.165) is 27.3 Å². The van der Waals surface area contributed by atoms with E-state index >= 15 is 0 Å². The van der Waals surface area contributed by atoms with Gasteiger partial charge in [0.05, 0.1) is 11.1 Å². The van der Waals surface area contributed by atoms with E-state index in [9.17, 15) is 0 Å². The highest BCUT2D eigenvalue weighted by Gasteiger charge is 2.20. The molecule has 21 heavy (non-hydrogen) atoms. The molecular formula is C17H15Cl2NO. The molecule has 0 aliphatic heterocycles. The maximum absolute atomic E-state index is 6.38. The highest BCUT2D eigenvalue weighted by atomic mass is 35.5.